The van der Waals surface area contributed by atoms with Gasteiger partial charge < -0.3 is 10.4 Å². The van der Waals surface area contributed by atoms with Gasteiger partial charge in [0.05, 0.1) is 0 Å². The van der Waals surface area contributed by atoms with Gasteiger partial charge in [-0.2, -0.15) is 0 Å². The van der Waals surface area contributed by atoms with Crippen LogP contribution >= 0.6 is 12.2 Å². The molecule has 2 nitrogen and oxygen atoms in total. The van der Waals surface area contributed by atoms with Crippen LogP contribution in [0, 0.1) is 0 Å². The molecule has 4 heteroatoms. The Labute approximate surface area is 64.2 Å². The second-order valence-corrected chi connectivity index (χ2v) is 0.908. The molecule has 0 radical (unpaired) electrons. The third-order valence-corrected chi connectivity index (χ3v) is 0.408. The molecular formula is C2H4NNaOS. The topological polar surface area (TPSA) is 35.1 Å². The summed E-state index contributed by atoms with van der Waals surface area (Å²) in [5.41, 5.74) is 0. The molecule has 0 heterocycles. The van der Waals surface area contributed by atoms with Crippen LogP contribution in [0.25, 0.3) is 0 Å². The molecule has 0 aromatic heterocycles. The Bertz CT molecular complexity index is 48.8. The van der Waals surface area contributed by atoms with Gasteiger partial charge in [-0.1, -0.05) is 12.2 Å². The van der Waals surface area contributed by atoms with E-state index >= 15 is 0 Å². The van der Waals surface area contributed by atoms with Crippen LogP contribution in [0.5, 0.6) is 0 Å². The van der Waals surface area contributed by atoms with E-state index < -0.39 is 5.17 Å². The summed E-state index contributed by atoms with van der Waals surface area (Å²) in [5, 5.41) is 11.3. The number of hydrogen-bond donors (Lipinski definition) is 1. The zero-order chi connectivity index (χ0) is 4.28. The molecule has 0 bridgehead atoms. The predicted octanol–water partition coefficient (Wildman–Crippen LogP) is -4.14. The van der Waals surface area contributed by atoms with Gasteiger partial charge in [-0.3, -0.25) is 0 Å². The first-order valence-electron chi connectivity index (χ1n) is 1.16. The minimum Gasteiger partial charge on any atom is -0.852 e. The predicted molar refractivity (Wildman–Crippen MR) is 21.7 cm³/mol. The molecule has 0 aromatic rings. The maximum absolute atomic E-state index is 9.52. The fourth-order valence-corrected chi connectivity index (χ4v) is 0. The van der Waals surface area contributed by atoms with Crippen molar-refractivity contribution >= 4 is 17.4 Å². The Morgan fingerprint density at radius 3 is 2.00 bits per heavy atom. The number of rotatable bonds is 0. The summed E-state index contributed by atoms with van der Waals surface area (Å²) >= 11 is 4.03. The van der Waals surface area contributed by atoms with Crippen molar-refractivity contribution in [2.75, 3.05) is 7.05 Å². The molecule has 0 atom stereocenters. The molecule has 0 aliphatic heterocycles. The standard InChI is InChI=1S/C2H5NOS.Na/c1-3-2(4)5;/h1H3,(H2,3,4,5);/q;+1/p-1. The van der Waals surface area contributed by atoms with Gasteiger partial charge in [-0.15, -0.1) is 0 Å². The second kappa shape index (κ2) is 5.69. The molecule has 0 saturated heterocycles. The average molecular weight is 113 g/mol. The number of nitrogens with one attached hydrogen (secondary N) is 1. The van der Waals surface area contributed by atoms with Crippen molar-refractivity contribution in [3.8, 4) is 0 Å². The van der Waals surface area contributed by atoms with Crippen molar-refractivity contribution in [1.29, 1.82) is 0 Å². The van der Waals surface area contributed by atoms with Crippen LogP contribution in [0.3, 0.4) is 0 Å². The van der Waals surface area contributed by atoms with Gasteiger partial charge in [0.15, 0.2) is 0 Å². The second-order valence-electron chi connectivity index (χ2n) is 0.537. The van der Waals surface area contributed by atoms with Gasteiger partial charge in [0.2, 0.25) is 0 Å². The van der Waals surface area contributed by atoms with Gasteiger partial charge in [-0.25, -0.2) is 0 Å². The molecular weight excluding hydrogens is 109 g/mol. The van der Waals surface area contributed by atoms with Crippen LogP contribution in [0.2, 0.25) is 0 Å². The first-order chi connectivity index (χ1) is 2.27. The molecule has 30 valence electrons. The maximum atomic E-state index is 9.52. The maximum Gasteiger partial charge on any atom is 1.00 e. The Morgan fingerprint density at radius 2 is 2.00 bits per heavy atom. The molecule has 0 aromatic carbocycles. The molecule has 0 rings (SSSR count). The van der Waals surface area contributed by atoms with Gasteiger partial charge in [0, 0.05) is 12.2 Å². The molecule has 0 aliphatic carbocycles. The average Bonchev–Trinajstić information content (AvgIpc) is 1.38. The summed E-state index contributed by atoms with van der Waals surface area (Å²) in [6, 6.07) is 0. The van der Waals surface area contributed by atoms with Gasteiger partial charge in [-0.05, 0) is 0 Å². The van der Waals surface area contributed by atoms with E-state index in [0.717, 1.165) is 0 Å². The summed E-state index contributed by atoms with van der Waals surface area (Å²) in [6.45, 7) is 0. The fraction of sp³-hybridized carbons (Fsp3) is 0.500. The molecule has 1 N–H and O–H groups in total. The zero-order valence-electron chi connectivity index (χ0n) is 3.82. The van der Waals surface area contributed by atoms with E-state index in [1.165, 1.54) is 7.05 Å². The van der Waals surface area contributed by atoms with Crippen molar-refractivity contribution in [2.24, 2.45) is 0 Å². The quantitative estimate of drug-likeness (QED) is 0.256. The minimum absolute atomic E-state index is 0. The first-order valence-corrected chi connectivity index (χ1v) is 1.57. The van der Waals surface area contributed by atoms with Gasteiger partial charge in [0.25, 0.3) is 0 Å². The molecule has 0 spiro atoms. The van der Waals surface area contributed by atoms with E-state index in [9.17, 15) is 5.11 Å². The van der Waals surface area contributed by atoms with Crippen LogP contribution in [0.4, 0.5) is 0 Å². The van der Waals surface area contributed by atoms with E-state index in [2.05, 4.69) is 17.5 Å². The van der Waals surface area contributed by atoms with E-state index in [1.54, 1.807) is 0 Å². The molecule has 0 fully saturated rings. The van der Waals surface area contributed by atoms with Crippen molar-refractivity contribution in [1.82, 2.24) is 5.32 Å². The van der Waals surface area contributed by atoms with E-state index in [4.69, 9.17) is 0 Å². The summed E-state index contributed by atoms with van der Waals surface area (Å²) in [6.07, 6.45) is 0. The summed E-state index contributed by atoms with van der Waals surface area (Å²) in [7, 11) is 1.50. The Balaban J connectivity index is 0. The first kappa shape index (κ1) is 9.85. The summed E-state index contributed by atoms with van der Waals surface area (Å²) < 4.78 is 0. The summed E-state index contributed by atoms with van der Waals surface area (Å²) in [4.78, 5) is 0. The Hall–Kier alpha value is 0.690. The normalized spacial score (nSPS) is 5.50. The Morgan fingerprint density at radius 1 is 1.83 bits per heavy atom. The fourth-order valence-electron chi connectivity index (χ4n) is 0. The molecule has 0 saturated carbocycles. The van der Waals surface area contributed by atoms with Crippen LogP contribution < -0.4 is 40.0 Å². The third kappa shape index (κ3) is 8.83. The van der Waals surface area contributed by atoms with Crippen LogP contribution in [-0.4, -0.2) is 12.2 Å². The minimum atomic E-state index is -0.412. The smallest absolute Gasteiger partial charge is 0.852 e. The Kier molecular flexibility index (Phi) is 9.34. The monoisotopic (exact) mass is 113 g/mol. The molecule has 0 aliphatic rings. The SMILES string of the molecule is CNC([O-])=S.[Na+]. The zero-order valence-corrected chi connectivity index (χ0v) is 6.63. The van der Waals surface area contributed by atoms with Crippen molar-refractivity contribution in [2.45, 2.75) is 0 Å². The molecule has 0 unspecified atom stereocenters. The molecule has 6 heavy (non-hydrogen) atoms. The summed E-state index contributed by atoms with van der Waals surface area (Å²) in [5.74, 6) is 0. The van der Waals surface area contributed by atoms with Crippen molar-refractivity contribution in [3.63, 3.8) is 0 Å². The molecule has 0 amide bonds. The van der Waals surface area contributed by atoms with Gasteiger partial charge >= 0.3 is 29.6 Å². The number of hydrogen-bond acceptors (Lipinski definition) is 2. The van der Waals surface area contributed by atoms with Crippen LogP contribution in [0.15, 0.2) is 0 Å². The van der Waals surface area contributed by atoms with Crippen molar-refractivity contribution in [3.05, 3.63) is 0 Å². The van der Waals surface area contributed by atoms with E-state index in [-0.39, 0.29) is 29.6 Å². The van der Waals surface area contributed by atoms with Crippen molar-refractivity contribution < 1.29 is 34.7 Å². The third-order valence-electron chi connectivity index (χ3n) is 0.204. The number of thiocarbonyl (C=S) groups is 1. The van der Waals surface area contributed by atoms with E-state index in [1.807, 2.05) is 0 Å². The van der Waals surface area contributed by atoms with E-state index in [0.29, 0.717) is 0 Å². The van der Waals surface area contributed by atoms with Crippen LogP contribution in [0.1, 0.15) is 0 Å². The largest absolute Gasteiger partial charge is 1.00 e. The van der Waals surface area contributed by atoms with Gasteiger partial charge in [0.1, 0.15) is 0 Å². The van der Waals surface area contributed by atoms with Crippen LogP contribution in [-0.2, 0) is 0 Å².